The molecule has 1 fully saturated rings. The van der Waals surface area contributed by atoms with Crippen molar-refractivity contribution < 1.29 is 0 Å². The van der Waals surface area contributed by atoms with Crippen molar-refractivity contribution >= 4 is 0 Å². The van der Waals surface area contributed by atoms with Crippen LogP contribution in [0.15, 0.2) is 0 Å². The Bertz CT molecular complexity index is 224. The van der Waals surface area contributed by atoms with Gasteiger partial charge in [0.2, 0.25) is 0 Å². The van der Waals surface area contributed by atoms with E-state index >= 15 is 0 Å². The fraction of sp³-hybridized carbons (Fsp3) is 1.00. The molecule has 2 heteroatoms. The molecule has 0 heterocycles. The molecular formula is C15H32N2. The van der Waals surface area contributed by atoms with Crippen LogP contribution in [0.4, 0.5) is 0 Å². The van der Waals surface area contributed by atoms with Crippen LogP contribution in [0.25, 0.3) is 0 Å². The van der Waals surface area contributed by atoms with Crippen LogP contribution in [-0.2, 0) is 0 Å². The van der Waals surface area contributed by atoms with Gasteiger partial charge in [-0.2, -0.15) is 0 Å². The summed E-state index contributed by atoms with van der Waals surface area (Å²) in [5.41, 5.74) is 7.12. The van der Waals surface area contributed by atoms with Crippen LogP contribution in [0, 0.1) is 16.7 Å². The average molecular weight is 240 g/mol. The topological polar surface area (TPSA) is 38.0 Å². The van der Waals surface area contributed by atoms with E-state index in [-0.39, 0.29) is 0 Å². The summed E-state index contributed by atoms with van der Waals surface area (Å²) in [5.74, 6) is 0.818. The summed E-state index contributed by atoms with van der Waals surface area (Å²) < 4.78 is 0. The number of hydrogen-bond donors (Lipinski definition) is 2. The van der Waals surface area contributed by atoms with Gasteiger partial charge < -0.3 is 11.1 Å². The summed E-state index contributed by atoms with van der Waals surface area (Å²) in [6.45, 7) is 13.7. The van der Waals surface area contributed by atoms with Crippen LogP contribution >= 0.6 is 0 Å². The van der Waals surface area contributed by atoms with Crippen molar-refractivity contribution in [3.05, 3.63) is 0 Å². The van der Waals surface area contributed by atoms with Gasteiger partial charge in [0.05, 0.1) is 0 Å². The lowest BCUT2D eigenvalue weighted by molar-refractivity contribution is 0.314. The Morgan fingerprint density at radius 2 is 1.82 bits per heavy atom. The van der Waals surface area contributed by atoms with Crippen LogP contribution in [-0.4, -0.2) is 19.1 Å². The van der Waals surface area contributed by atoms with E-state index < -0.39 is 0 Å². The van der Waals surface area contributed by atoms with Crippen molar-refractivity contribution in [2.45, 2.75) is 66.3 Å². The lowest BCUT2D eigenvalue weighted by Crippen LogP contribution is -2.33. The zero-order chi connectivity index (χ0) is 13.1. The number of rotatable bonds is 7. The highest BCUT2D eigenvalue weighted by atomic mass is 14.9. The standard InChI is InChI=1S/C15H32N2/c1-12(2)15(7-8-15)11-17-9-6-13(16)10-14(3,4)5/h12-13,17H,6-11,16H2,1-5H3. The van der Waals surface area contributed by atoms with E-state index in [1.54, 1.807) is 0 Å². The largest absolute Gasteiger partial charge is 0.328 e. The predicted molar refractivity (Wildman–Crippen MR) is 76.0 cm³/mol. The molecule has 17 heavy (non-hydrogen) atoms. The van der Waals surface area contributed by atoms with Crippen LogP contribution < -0.4 is 11.1 Å². The average Bonchev–Trinajstić information content (AvgIpc) is 2.90. The zero-order valence-electron chi connectivity index (χ0n) is 12.5. The minimum atomic E-state index is 0.344. The maximum atomic E-state index is 6.15. The Morgan fingerprint density at radius 1 is 1.24 bits per heavy atom. The Morgan fingerprint density at radius 3 is 2.24 bits per heavy atom. The minimum absolute atomic E-state index is 0.344. The summed E-state index contributed by atoms with van der Waals surface area (Å²) in [4.78, 5) is 0. The Kier molecular flexibility index (Phi) is 5.03. The first-order valence-electron chi connectivity index (χ1n) is 7.21. The van der Waals surface area contributed by atoms with Crippen LogP contribution in [0.3, 0.4) is 0 Å². The molecular weight excluding hydrogens is 208 g/mol. The van der Waals surface area contributed by atoms with Gasteiger partial charge in [-0.15, -0.1) is 0 Å². The highest BCUT2D eigenvalue weighted by Gasteiger charge is 2.44. The molecule has 0 bridgehead atoms. The number of hydrogen-bond acceptors (Lipinski definition) is 2. The van der Waals surface area contributed by atoms with E-state index in [0.717, 1.165) is 25.3 Å². The lowest BCUT2D eigenvalue weighted by atomic mass is 9.87. The molecule has 1 rings (SSSR count). The molecule has 0 spiro atoms. The fourth-order valence-corrected chi connectivity index (χ4v) is 2.63. The summed E-state index contributed by atoms with van der Waals surface area (Å²) in [7, 11) is 0. The smallest absolute Gasteiger partial charge is 0.00558 e. The van der Waals surface area contributed by atoms with Gasteiger partial charge in [0.15, 0.2) is 0 Å². The van der Waals surface area contributed by atoms with Gasteiger partial charge in [-0.1, -0.05) is 34.6 Å². The second-order valence-corrected chi connectivity index (χ2v) is 7.51. The first-order valence-corrected chi connectivity index (χ1v) is 7.21. The molecule has 3 N–H and O–H groups in total. The lowest BCUT2D eigenvalue weighted by Gasteiger charge is -2.24. The van der Waals surface area contributed by atoms with Crippen molar-refractivity contribution in [2.24, 2.45) is 22.5 Å². The first-order chi connectivity index (χ1) is 7.75. The normalized spacial score (nSPS) is 20.6. The minimum Gasteiger partial charge on any atom is -0.328 e. The van der Waals surface area contributed by atoms with Crippen molar-refractivity contribution in [2.75, 3.05) is 13.1 Å². The highest BCUT2D eigenvalue weighted by Crippen LogP contribution is 2.51. The van der Waals surface area contributed by atoms with Crippen molar-refractivity contribution in [3.63, 3.8) is 0 Å². The van der Waals surface area contributed by atoms with E-state index in [9.17, 15) is 0 Å². The van der Waals surface area contributed by atoms with Crippen molar-refractivity contribution in [1.82, 2.24) is 5.32 Å². The molecule has 0 radical (unpaired) electrons. The quantitative estimate of drug-likeness (QED) is 0.671. The Labute approximate surface area is 108 Å². The van der Waals surface area contributed by atoms with Crippen molar-refractivity contribution in [3.8, 4) is 0 Å². The van der Waals surface area contributed by atoms with E-state index in [0.29, 0.717) is 16.9 Å². The molecule has 1 aliphatic rings. The Balaban J connectivity index is 2.08. The van der Waals surface area contributed by atoms with Gasteiger partial charge in [-0.05, 0) is 49.0 Å². The van der Waals surface area contributed by atoms with Gasteiger partial charge in [-0.3, -0.25) is 0 Å². The molecule has 2 nitrogen and oxygen atoms in total. The van der Waals surface area contributed by atoms with Gasteiger partial charge in [-0.25, -0.2) is 0 Å². The second kappa shape index (κ2) is 5.71. The van der Waals surface area contributed by atoms with Gasteiger partial charge in [0, 0.05) is 12.6 Å². The van der Waals surface area contributed by atoms with E-state index in [1.165, 1.54) is 19.4 Å². The molecule has 1 unspecified atom stereocenters. The summed E-state index contributed by atoms with van der Waals surface area (Å²) in [6.07, 6.45) is 5.03. The zero-order valence-corrected chi connectivity index (χ0v) is 12.5. The van der Waals surface area contributed by atoms with E-state index in [2.05, 4.69) is 39.9 Å². The second-order valence-electron chi connectivity index (χ2n) is 7.51. The molecule has 0 aliphatic heterocycles. The summed E-state index contributed by atoms with van der Waals surface area (Å²) in [5, 5.41) is 3.61. The third-order valence-electron chi connectivity index (χ3n) is 4.16. The molecule has 0 aromatic rings. The molecule has 0 aromatic heterocycles. The SMILES string of the molecule is CC(C)C1(CNCCC(N)CC(C)(C)C)CC1. The number of nitrogens with one attached hydrogen (secondary N) is 1. The molecule has 0 aromatic carbocycles. The monoisotopic (exact) mass is 240 g/mol. The third-order valence-corrected chi connectivity index (χ3v) is 4.16. The Hall–Kier alpha value is -0.0800. The van der Waals surface area contributed by atoms with Gasteiger partial charge in [0.25, 0.3) is 0 Å². The van der Waals surface area contributed by atoms with Crippen LogP contribution in [0.1, 0.15) is 60.3 Å². The highest BCUT2D eigenvalue weighted by molar-refractivity contribution is 4.97. The molecule has 102 valence electrons. The van der Waals surface area contributed by atoms with Gasteiger partial charge >= 0.3 is 0 Å². The maximum absolute atomic E-state index is 6.15. The summed E-state index contributed by atoms with van der Waals surface area (Å²) in [6, 6.07) is 0.344. The number of nitrogens with two attached hydrogens (primary N) is 1. The van der Waals surface area contributed by atoms with Crippen molar-refractivity contribution in [1.29, 1.82) is 0 Å². The van der Waals surface area contributed by atoms with E-state index in [1.807, 2.05) is 0 Å². The van der Waals surface area contributed by atoms with Crippen LogP contribution in [0.5, 0.6) is 0 Å². The predicted octanol–water partition coefficient (Wildman–Crippen LogP) is 3.17. The van der Waals surface area contributed by atoms with Crippen LogP contribution in [0.2, 0.25) is 0 Å². The molecule has 0 saturated heterocycles. The molecule has 0 amide bonds. The molecule has 1 atom stereocenters. The van der Waals surface area contributed by atoms with Gasteiger partial charge in [0.1, 0.15) is 0 Å². The first kappa shape index (κ1) is 15.0. The summed E-state index contributed by atoms with van der Waals surface area (Å²) >= 11 is 0. The molecule has 1 aliphatic carbocycles. The third kappa shape index (κ3) is 5.39. The fourth-order valence-electron chi connectivity index (χ4n) is 2.63. The van der Waals surface area contributed by atoms with E-state index in [4.69, 9.17) is 5.73 Å². The maximum Gasteiger partial charge on any atom is 0.00558 e. The molecule has 1 saturated carbocycles.